The quantitative estimate of drug-likeness (QED) is 0.897. The second-order valence-corrected chi connectivity index (χ2v) is 6.36. The molecular weight excluding hydrogens is 284 g/mol. The first-order valence-corrected chi connectivity index (χ1v) is 7.85. The molecule has 2 fully saturated rings. The van der Waals surface area contributed by atoms with Crippen LogP contribution in [0.2, 0.25) is 0 Å². The van der Waals surface area contributed by atoms with Crippen LogP contribution >= 0.6 is 12.4 Å². The van der Waals surface area contributed by atoms with E-state index in [1.54, 1.807) is 0 Å². The standard InChI is InChI=1S/C17H24N2O.ClH/c18-15-10-9-14(11-15)17(20)19-16(13-7-4-8-13)12-5-2-1-3-6-12;/h1-3,5-6,13-16H,4,7-11,18H2,(H,19,20);1H. The van der Waals surface area contributed by atoms with Gasteiger partial charge in [0.1, 0.15) is 0 Å². The largest absolute Gasteiger partial charge is 0.349 e. The van der Waals surface area contributed by atoms with Crippen molar-refractivity contribution in [2.45, 2.75) is 50.6 Å². The minimum atomic E-state index is 0. The molecule has 2 aliphatic rings. The second-order valence-electron chi connectivity index (χ2n) is 6.36. The SMILES string of the molecule is Cl.NC1CCC(C(=O)NC(c2ccccc2)C2CCC2)C1. The molecule has 1 aromatic rings. The Hall–Kier alpha value is -1.06. The molecule has 0 aliphatic heterocycles. The van der Waals surface area contributed by atoms with E-state index in [9.17, 15) is 4.79 Å². The lowest BCUT2D eigenvalue weighted by Crippen LogP contribution is -2.39. The molecule has 116 valence electrons. The predicted octanol–water partition coefficient (Wildman–Crippen LogP) is 3.19. The Morgan fingerprint density at radius 3 is 2.38 bits per heavy atom. The first-order chi connectivity index (χ1) is 9.74. The van der Waals surface area contributed by atoms with E-state index in [2.05, 4.69) is 29.6 Å². The van der Waals surface area contributed by atoms with Crippen LogP contribution in [0.25, 0.3) is 0 Å². The van der Waals surface area contributed by atoms with Crippen molar-refractivity contribution in [1.82, 2.24) is 5.32 Å². The maximum absolute atomic E-state index is 12.5. The molecule has 3 unspecified atom stereocenters. The zero-order chi connectivity index (χ0) is 13.9. The number of nitrogens with one attached hydrogen (secondary N) is 1. The third kappa shape index (κ3) is 3.78. The van der Waals surface area contributed by atoms with Crippen LogP contribution in [-0.4, -0.2) is 11.9 Å². The van der Waals surface area contributed by atoms with Gasteiger partial charge in [-0.15, -0.1) is 12.4 Å². The summed E-state index contributed by atoms with van der Waals surface area (Å²) in [4.78, 5) is 12.5. The maximum Gasteiger partial charge on any atom is 0.223 e. The average Bonchev–Trinajstić information content (AvgIpc) is 2.84. The summed E-state index contributed by atoms with van der Waals surface area (Å²) in [6.45, 7) is 0. The highest BCUT2D eigenvalue weighted by molar-refractivity contribution is 5.85. The summed E-state index contributed by atoms with van der Waals surface area (Å²) in [6.07, 6.45) is 6.51. The Kier molecular flexibility index (Phi) is 5.65. The van der Waals surface area contributed by atoms with Crippen molar-refractivity contribution in [3.8, 4) is 0 Å². The number of carbonyl (C=O) groups excluding carboxylic acids is 1. The number of halogens is 1. The number of hydrogen-bond acceptors (Lipinski definition) is 2. The highest BCUT2D eigenvalue weighted by Gasteiger charge is 2.33. The molecule has 3 nitrogen and oxygen atoms in total. The Morgan fingerprint density at radius 2 is 1.86 bits per heavy atom. The minimum Gasteiger partial charge on any atom is -0.349 e. The van der Waals surface area contributed by atoms with Crippen molar-refractivity contribution in [3.63, 3.8) is 0 Å². The van der Waals surface area contributed by atoms with Gasteiger partial charge in [-0.25, -0.2) is 0 Å². The highest BCUT2D eigenvalue weighted by Crippen LogP contribution is 2.38. The molecule has 0 spiro atoms. The number of rotatable bonds is 4. The van der Waals surface area contributed by atoms with Crippen LogP contribution in [0, 0.1) is 11.8 Å². The second kappa shape index (κ2) is 7.28. The third-order valence-electron chi connectivity index (χ3n) is 4.92. The van der Waals surface area contributed by atoms with Gasteiger partial charge in [0.2, 0.25) is 5.91 Å². The summed E-state index contributed by atoms with van der Waals surface area (Å²) in [5.41, 5.74) is 7.17. The van der Waals surface area contributed by atoms with Crippen LogP contribution in [0.1, 0.15) is 50.1 Å². The van der Waals surface area contributed by atoms with Gasteiger partial charge in [0.05, 0.1) is 6.04 Å². The lowest BCUT2D eigenvalue weighted by Gasteiger charge is -2.35. The van der Waals surface area contributed by atoms with Gasteiger partial charge < -0.3 is 11.1 Å². The molecule has 2 saturated carbocycles. The number of carbonyl (C=O) groups is 1. The number of benzene rings is 1. The summed E-state index contributed by atoms with van der Waals surface area (Å²) in [5.74, 6) is 0.936. The average molecular weight is 309 g/mol. The van der Waals surface area contributed by atoms with E-state index in [0.29, 0.717) is 5.92 Å². The van der Waals surface area contributed by atoms with E-state index >= 15 is 0 Å². The molecule has 3 atom stereocenters. The number of hydrogen-bond donors (Lipinski definition) is 2. The van der Waals surface area contributed by atoms with Gasteiger partial charge in [-0.1, -0.05) is 36.8 Å². The normalized spacial score (nSPS) is 26.5. The minimum absolute atomic E-state index is 0. The molecule has 0 aromatic heterocycles. The fraction of sp³-hybridized carbons (Fsp3) is 0.588. The van der Waals surface area contributed by atoms with E-state index in [1.807, 2.05) is 6.07 Å². The molecule has 3 rings (SSSR count). The van der Waals surface area contributed by atoms with Crippen LogP contribution < -0.4 is 11.1 Å². The molecule has 2 aliphatic carbocycles. The smallest absolute Gasteiger partial charge is 0.223 e. The molecule has 0 radical (unpaired) electrons. The Morgan fingerprint density at radius 1 is 1.14 bits per heavy atom. The van der Waals surface area contributed by atoms with Gasteiger partial charge in [-0.2, -0.15) is 0 Å². The van der Waals surface area contributed by atoms with Gasteiger partial charge >= 0.3 is 0 Å². The highest BCUT2D eigenvalue weighted by atomic mass is 35.5. The number of amides is 1. The Balaban J connectivity index is 0.00000161. The van der Waals surface area contributed by atoms with E-state index in [1.165, 1.54) is 24.8 Å². The van der Waals surface area contributed by atoms with Crippen molar-refractivity contribution in [3.05, 3.63) is 35.9 Å². The molecule has 1 amide bonds. The fourth-order valence-corrected chi connectivity index (χ4v) is 3.43. The lowest BCUT2D eigenvalue weighted by molar-refractivity contribution is -0.126. The van der Waals surface area contributed by atoms with E-state index < -0.39 is 0 Å². The topological polar surface area (TPSA) is 55.1 Å². The van der Waals surface area contributed by atoms with Gasteiger partial charge in [-0.05, 0) is 43.6 Å². The molecule has 3 N–H and O–H groups in total. The molecule has 0 bridgehead atoms. The van der Waals surface area contributed by atoms with Crippen molar-refractivity contribution < 1.29 is 4.79 Å². The molecule has 21 heavy (non-hydrogen) atoms. The van der Waals surface area contributed by atoms with E-state index in [4.69, 9.17) is 5.73 Å². The van der Waals surface area contributed by atoms with E-state index in [0.717, 1.165) is 19.3 Å². The van der Waals surface area contributed by atoms with Crippen LogP contribution in [0.3, 0.4) is 0 Å². The van der Waals surface area contributed by atoms with Crippen LogP contribution in [-0.2, 0) is 4.79 Å². The van der Waals surface area contributed by atoms with Crippen molar-refractivity contribution >= 4 is 18.3 Å². The zero-order valence-electron chi connectivity index (χ0n) is 12.3. The van der Waals surface area contributed by atoms with Gasteiger partial charge in [0, 0.05) is 12.0 Å². The summed E-state index contributed by atoms with van der Waals surface area (Å²) in [7, 11) is 0. The molecule has 4 heteroatoms. The summed E-state index contributed by atoms with van der Waals surface area (Å²) in [6, 6.07) is 10.8. The predicted molar refractivity (Wildman–Crippen MR) is 87.2 cm³/mol. The first kappa shape index (κ1) is 16.3. The van der Waals surface area contributed by atoms with Crippen LogP contribution in [0.5, 0.6) is 0 Å². The Labute approximate surface area is 133 Å². The van der Waals surface area contributed by atoms with Crippen LogP contribution in [0.4, 0.5) is 0 Å². The zero-order valence-corrected chi connectivity index (χ0v) is 13.1. The van der Waals surface area contributed by atoms with Crippen molar-refractivity contribution in [2.24, 2.45) is 17.6 Å². The maximum atomic E-state index is 12.5. The molecule has 1 aromatic carbocycles. The van der Waals surface area contributed by atoms with Crippen molar-refractivity contribution in [1.29, 1.82) is 0 Å². The van der Waals surface area contributed by atoms with E-state index in [-0.39, 0.29) is 36.3 Å². The lowest BCUT2D eigenvalue weighted by atomic mass is 9.77. The van der Waals surface area contributed by atoms with Crippen molar-refractivity contribution in [2.75, 3.05) is 0 Å². The molecule has 0 heterocycles. The Bertz CT molecular complexity index is 461. The summed E-state index contributed by atoms with van der Waals surface area (Å²) < 4.78 is 0. The van der Waals surface area contributed by atoms with Gasteiger partial charge in [0.15, 0.2) is 0 Å². The molecule has 0 saturated heterocycles. The fourth-order valence-electron chi connectivity index (χ4n) is 3.43. The monoisotopic (exact) mass is 308 g/mol. The summed E-state index contributed by atoms with van der Waals surface area (Å²) in [5, 5.41) is 3.30. The third-order valence-corrected chi connectivity index (χ3v) is 4.92. The van der Waals surface area contributed by atoms with Gasteiger partial charge in [0.25, 0.3) is 0 Å². The number of nitrogens with two attached hydrogens (primary N) is 1. The first-order valence-electron chi connectivity index (χ1n) is 7.85. The van der Waals surface area contributed by atoms with Crippen LogP contribution in [0.15, 0.2) is 30.3 Å². The summed E-state index contributed by atoms with van der Waals surface area (Å²) >= 11 is 0. The van der Waals surface area contributed by atoms with Gasteiger partial charge in [-0.3, -0.25) is 4.79 Å². The molecular formula is C17H25ClN2O.